The Morgan fingerprint density at radius 1 is 0.326 bits per heavy atom. The third kappa shape index (κ3) is 4.96. The van der Waals surface area contributed by atoms with E-state index in [1.54, 1.807) is 12.4 Å². The van der Waals surface area contributed by atoms with Crippen molar-refractivity contribution in [2.45, 2.75) is 13.8 Å². The smallest absolute Gasteiger partial charge is 0.108 e. The molecule has 0 aliphatic carbocycles. The minimum absolute atomic E-state index is 0.790. The van der Waals surface area contributed by atoms with E-state index in [0.717, 1.165) is 89.4 Å². The van der Waals surface area contributed by atoms with Gasteiger partial charge in [-0.05, 0) is 36.1 Å². The number of benzene rings is 4. The second kappa shape index (κ2) is 11.4. The standard InChI is InChI=1S/C40H28N6/c1-25-21-41-23-33-35(25)45-39(37(43-33)29-9-5-3-6-10-29)31-17-13-27(14-18-31)28-15-19-32(20-16-28)40-38(30-11-7-4-8-12-30)44-34-24-42-22-26(2)36(34)46-40/h3-24H,1-2H3. The maximum atomic E-state index is 5.11. The average Bonchev–Trinajstić information content (AvgIpc) is 3.12. The third-order valence-electron chi connectivity index (χ3n) is 8.27. The summed E-state index contributed by atoms with van der Waals surface area (Å²) in [6.45, 7) is 4.04. The van der Waals surface area contributed by atoms with Crippen LogP contribution >= 0.6 is 0 Å². The van der Waals surface area contributed by atoms with Crippen molar-refractivity contribution in [1.29, 1.82) is 0 Å². The van der Waals surface area contributed by atoms with Gasteiger partial charge in [-0.2, -0.15) is 0 Å². The number of rotatable bonds is 5. The molecule has 0 saturated heterocycles. The highest BCUT2D eigenvalue weighted by Gasteiger charge is 2.16. The van der Waals surface area contributed by atoms with Gasteiger partial charge in [0.15, 0.2) is 0 Å². The molecule has 0 aliphatic heterocycles. The van der Waals surface area contributed by atoms with Gasteiger partial charge in [0.05, 0.1) is 46.2 Å². The molecule has 0 N–H and O–H groups in total. The minimum atomic E-state index is 0.790. The van der Waals surface area contributed by atoms with E-state index in [4.69, 9.17) is 19.9 Å². The lowest BCUT2D eigenvalue weighted by molar-refractivity contribution is 1.22. The van der Waals surface area contributed by atoms with Gasteiger partial charge in [0, 0.05) is 34.6 Å². The summed E-state index contributed by atoms with van der Waals surface area (Å²) in [5, 5.41) is 0. The summed E-state index contributed by atoms with van der Waals surface area (Å²) in [6, 6.07) is 37.5. The summed E-state index contributed by atoms with van der Waals surface area (Å²) < 4.78 is 0. The van der Waals surface area contributed by atoms with Crippen LogP contribution < -0.4 is 0 Å². The highest BCUT2D eigenvalue weighted by Crippen LogP contribution is 2.35. The first-order chi connectivity index (χ1) is 22.6. The number of pyridine rings is 2. The van der Waals surface area contributed by atoms with Crippen LogP contribution in [0.5, 0.6) is 0 Å². The Hall–Kier alpha value is -6.14. The zero-order valence-corrected chi connectivity index (χ0v) is 25.4. The molecular weight excluding hydrogens is 564 g/mol. The second-order valence-electron chi connectivity index (χ2n) is 11.4. The minimum Gasteiger partial charge on any atom is -0.262 e. The van der Waals surface area contributed by atoms with Gasteiger partial charge in [-0.25, -0.2) is 19.9 Å². The van der Waals surface area contributed by atoms with Gasteiger partial charge in [0.2, 0.25) is 0 Å². The Labute approximate surface area is 266 Å². The maximum absolute atomic E-state index is 5.11. The van der Waals surface area contributed by atoms with E-state index in [1.165, 1.54) is 0 Å². The Bertz CT molecular complexity index is 2180. The van der Waals surface area contributed by atoms with Gasteiger partial charge < -0.3 is 0 Å². The topological polar surface area (TPSA) is 77.3 Å². The summed E-state index contributed by atoms with van der Waals surface area (Å²) in [5.41, 5.74) is 15.0. The zero-order valence-electron chi connectivity index (χ0n) is 25.4. The Morgan fingerprint density at radius 2 is 0.652 bits per heavy atom. The maximum Gasteiger partial charge on any atom is 0.108 e. The van der Waals surface area contributed by atoms with Crippen molar-refractivity contribution in [1.82, 2.24) is 29.9 Å². The van der Waals surface area contributed by atoms with Crippen LogP contribution in [0.2, 0.25) is 0 Å². The normalized spacial score (nSPS) is 11.3. The lowest BCUT2D eigenvalue weighted by Gasteiger charge is -2.13. The molecule has 6 heteroatoms. The summed E-state index contributed by atoms with van der Waals surface area (Å²) in [7, 11) is 0. The van der Waals surface area contributed by atoms with Crippen molar-refractivity contribution < 1.29 is 0 Å². The first-order valence-electron chi connectivity index (χ1n) is 15.2. The molecule has 8 rings (SSSR count). The van der Waals surface area contributed by atoms with Crippen LogP contribution in [0.3, 0.4) is 0 Å². The quantitative estimate of drug-likeness (QED) is 0.198. The molecule has 0 saturated carbocycles. The molecule has 0 fully saturated rings. The van der Waals surface area contributed by atoms with Crippen molar-refractivity contribution in [2.24, 2.45) is 0 Å². The Balaban J connectivity index is 1.17. The van der Waals surface area contributed by atoms with Gasteiger partial charge in [-0.3, -0.25) is 9.97 Å². The second-order valence-corrected chi connectivity index (χ2v) is 11.4. The van der Waals surface area contributed by atoms with Gasteiger partial charge >= 0.3 is 0 Å². The molecule has 0 radical (unpaired) electrons. The van der Waals surface area contributed by atoms with Gasteiger partial charge in [0.25, 0.3) is 0 Å². The van der Waals surface area contributed by atoms with E-state index in [-0.39, 0.29) is 0 Å². The number of aromatic nitrogens is 6. The van der Waals surface area contributed by atoms with Crippen molar-refractivity contribution in [3.8, 4) is 56.2 Å². The molecule has 0 atom stereocenters. The Morgan fingerprint density at radius 3 is 1.04 bits per heavy atom. The highest BCUT2D eigenvalue weighted by atomic mass is 14.9. The largest absolute Gasteiger partial charge is 0.262 e. The third-order valence-corrected chi connectivity index (χ3v) is 8.27. The van der Waals surface area contributed by atoms with Crippen molar-refractivity contribution in [3.63, 3.8) is 0 Å². The van der Waals surface area contributed by atoms with E-state index >= 15 is 0 Å². The lowest BCUT2D eigenvalue weighted by atomic mass is 9.98. The van der Waals surface area contributed by atoms with Crippen molar-refractivity contribution >= 4 is 22.1 Å². The average molecular weight is 593 g/mol. The number of hydrogen-bond donors (Lipinski definition) is 0. The monoisotopic (exact) mass is 592 g/mol. The molecule has 8 aromatic rings. The zero-order chi connectivity index (χ0) is 31.0. The molecule has 4 aromatic heterocycles. The summed E-state index contributed by atoms with van der Waals surface area (Å²) >= 11 is 0. The molecule has 0 unspecified atom stereocenters. The van der Waals surface area contributed by atoms with E-state index in [9.17, 15) is 0 Å². The molecule has 4 heterocycles. The van der Waals surface area contributed by atoms with Crippen molar-refractivity contribution in [3.05, 3.63) is 145 Å². The molecule has 0 spiro atoms. The number of hydrogen-bond acceptors (Lipinski definition) is 6. The van der Waals surface area contributed by atoms with Crippen LogP contribution in [0.15, 0.2) is 134 Å². The van der Waals surface area contributed by atoms with Crippen LogP contribution in [0.25, 0.3) is 78.2 Å². The predicted octanol–water partition coefficient (Wildman–Crippen LogP) is 9.31. The highest BCUT2D eigenvalue weighted by molar-refractivity contribution is 5.89. The van der Waals surface area contributed by atoms with Crippen LogP contribution in [-0.4, -0.2) is 29.9 Å². The summed E-state index contributed by atoms with van der Waals surface area (Å²) in [5.74, 6) is 0. The van der Waals surface area contributed by atoms with Crippen LogP contribution in [0, 0.1) is 13.8 Å². The van der Waals surface area contributed by atoms with E-state index in [2.05, 4.69) is 82.8 Å². The van der Waals surface area contributed by atoms with Crippen LogP contribution in [-0.2, 0) is 0 Å². The first kappa shape index (κ1) is 27.4. The SMILES string of the molecule is Cc1cncc2nc(-c3ccccc3)c(-c3ccc(-c4ccc(-c5nc6c(C)cncc6nc5-c5ccccc5)cc4)cc3)nc12. The molecule has 0 aliphatic rings. The number of nitrogens with zero attached hydrogens (tertiary/aromatic N) is 6. The van der Waals surface area contributed by atoms with E-state index < -0.39 is 0 Å². The van der Waals surface area contributed by atoms with E-state index in [0.29, 0.717) is 0 Å². The fourth-order valence-corrected chi connectivity index (χ4v) is 5.86. The Kier molecular flexibility index (Phi) is 6.80. The number of fused-ring (bicyclic) bond motifs is 2. The number of aryl methyl sites for hydroxylation is 2. The molecule has 4 aromatic carbocycles. The summed E-state index contributed by atoms with van der Waals surface area (Å²) in [4.78, 5) is 28.9. The fraction of sp³-hybridized carbons (Fsp3) is 0.0500. The molecule has 46 heavy (non-hydrogen) atoms. The van der Waals surface area contributed by atoms with Crippen molar-refractivity contribution in [2.75, 3.05) is 0 Å². The fourth-order valence-electron chi connectivity index (χ4n) is 5.86. The molecule has 0 amide bonds. The van der Waals surface area contributed by atoms with Gasteiger partial charge in [-0.1, -0.05) is 109 Å². The summed E-state index contributed by atoms with van der Waals surface area (Å²) in [6.07, 6.45) is 7.23. The first-order valence-corrected chi connectivity index (χ1v) is 15.2. The molecule has 0 bridgehead atoms. The lowest BCUT2D eigenvalue weighted by Crippen LogP contribution is -1.98. The van der Waals surface area contributed by atoms with E-state index in [1.807, 2.05) is 62.6 Å². The van der Waals surface area contributed by atoms with Gasteiger partial charge in [-0.15, -0.1) is 0 Å². The molecular formula is C40H28N6. The molecule has 6 nitrogen and oxygen atoms in total. The predicted molar refractivity (Wildman–Crippen MR) is 185 cm³/mol. The van der Waals surface area contributed by atoms with Gasteiger partial charge in [0.1, 0.15) is 11.0 Å². The van der Waals surface area contributed by atoms with Crippen LogP contribution in [0.4, 0.5) is 0 Å². The van der Waals surface area contributed by atoms with Crippen LogP contribution in [0.1, 0.15) is 11.1 Å². The molecule has 218 valence electrons.